The number of fused-ring (bicyclic) bond motifs is 1. The first-order valence-electron chi connectivity index (χ1n) is 6.98. The normalized spacial score (nSPS) is 12.8. The Kier molecular flexibility index (Phi) is 4.39. The molecule has 1 aromatic heterocycles. The summed E-state index contributed by atoms with van der Waals surface area (Å²) >= 11 is 0. The van der Waals surface area contributed by atoms with Gasteiger partial charge in [0, 0.05) is 18.5 Å². The van der Waals surface area contributed by atoms with Crippen molar-refractivity contribution in [3.05, 3.63) is 30.1 Å². The van der Waals surface area contributed by atoms with Gasteiger partial charge < -0.3 is 15.6 Å². The third-order valence-corrected chi connectivity index (χ3v) is 3.41. The molecule has 0 aliphatic heterocycles. The van der Waals surface area contributed by atoms with Crippen molar-refractivity contribution in [3.8, 4) is 0 Å². The van der Waals surface area contributed by atoms with Gasteiger partial charge in [-0.3, -0.25) is 4.79 Å². The largest absolute Gasteiger partial charge is 0.349 e. The molecule has 0 fully saturated rings. The van der Waals surface area contributed by atoms with Crippen LogP contribution in [0.3, 0.4) is 0 Å². The maximum absolute atomic E-state index is 11.8. The number of rotatable bonds is 5. The molecule has 0 aliphatic rings. The second-order valence-corrected chi connectivity index (χ2v) is 5.34. The van der Waals surface area contributed by atoms with Gasteiger partial charge in [-0.1, -0.05) is 19.1 Å². The van der Waals surface area contributed by atoms with E-state index in [-0.39, 0.29) is 11.8 Å². The highest BCUT2D eigenvalue weighted by Gasteiger charge is 2.15. The molecule has 0 spiro atoms. The molecule has 2 aromatic rings. The van der Waals surface area contributed by atoms with Crippen LogP contribution in [0.15, 0.2) is 24.3 Å². The van der Waals surface area contributed by atoms with Crippen LogP contribution in [0.5, 0.6) is 0 Å². The minimum Gasteiger partial charge on any atom is -0.349 e. The van der Waals surface area contributed by atoms with E-state index in [1.54, 1.807) is 0 Å². The van der Waals surface area contributed by atoms with Gasteiger partial charge in [0.1, 0.15) is 5.82 Å². The van der Waals surface area contributed by atoms with Crippen molar-refractivity contribution >= 4 is 16.9 Å². The third-order valence-electron chi connectivity index (χ3n) is 3.41. The smallest absolute Gasteiger partial charge is 0.224 e. The quantitative estimate of drug-likeness (QED) is 0.873. The van der Waals surface area contributed by atoms with Gasteiger partial charge in [-0.15, -0.1) is 0 Å². The molecule has 0 bridgehead atoms. The lowest BCUT2D eigenvalue weighted by molar-refractivity contribution is -0.124. The van der Waals surface area contributed by atoms with Crippen LogP contribution < -0.4 is 11.1 Å². The molecule has 1 aromatic carbocycles. The number of carbonyl (C=O) groups excluding carboxylic acids is 1. The van der Waals surface area contributed by atoms with E-state index in [1.807, 2.05) is 25.1 Å². The van der Waals surface area contributed by atoms with Gasteiger partial charge in [-0.05, 0) is 26.0 Å². The summed E-state index contributed by atoms with van der Waals surface area (Å²) in [7, 11) is 0. The summed E-state index contributed by atoms with van der Waals surface area (Å²) in [4.78, 5) is 16.4. The number of nitrogens with zero attached hydrogens (tertiary/aromatic N) is 2. The lowest BCUT2D eigenvalue weighted by atomic mass is 10.2. The Labute approximate surface area is 119 Å². The number of hydrogen-bond acceptors (Lipinski definition) is 3. The van der Waals surface area contributed by atoms with Gasteiger partial charge in [0.15, 0.2) is 0 Å². The maximum atomic E-state index is 11.8. The summed E-state index contributed by atoms with van der Waals surface area (Å²) in [5, 5.41) is 2.90. The maximum Gasteiger partial charge on any atom is 0.224 e. The first-order valence-corrected chi connectivity index (χ1v) is 6.98. The van der Waals surface area contributed by atoms with Crippen molar-refractivity contribution in [3.63, 3.8) is 0 Å². The van der Waals surface area contributed by atoms with Gasteiger partial charge in [-0.25, -0.2) is 4.98 Å². The topological polar surface area (TPSA) is 72.9 Å². The lowest BCUT2D eigenvalue weighted by Crippen LogP contribution is -2.33. The first kappa shape index (κ1) is 14.5. The SMILES string of the molecule is CC(CN)C(=O)NCc1nc2ccccc2n1C(C)C. The van der Waals surface area contributed by atoms with Crippen molar-refractivity contribution in [1.29, 1.82) is 0 Å². The number of imidazole rings is 1. The van der Waals surface area contributed by atoms with Gasteiger partial charge in [0.05, 0.1) is 17.6 Å². The number of hydrogen-bond donors (Lipinski definition) is 2. The predicted molar refractivity (Wildman–Crippen MR) is 80.2 cm³/mol. The van der Waals surface area contributed by atoms with Crippen LogP contribution in [0.4, 0.5) is 0 Å². The molecule has 1 amide bonds. The Morgan fingerprint density at radius 1 is 1.35 bits per heavy atom. The fraction of sp³-hybridized carbons (Fsp3) is 0.467. The molecule has 5 heteroatoms. The molecular weight excluding hydrogens is 252 g/mol. The van der Waals surface area contributed by atoms with Crippen LogP contribution in [0, 0.1) is 5.92 Å². The fourth-order valence-electron chi connectivity index (χ4n) is 2.24. The van der Waals surface area contributed by atoms with Crippen molar-refractivity contribution < 1.29 is 4.79 Å². The van der Waals surface area contributed by atoms with Crippen molar-refractivity contribution in [2.75, 3.05) is 6.54 Å². The van der Waals surface area contributed by atoms with Crippen molar-refractivity contribution in [1.82, 2.24) is 14.9 Å². The Hall–Kier alpha value is -1.88. The standard InChI is InChI=1S/C15H22N4O/c1-10(2)19-13-7-5-4-6-12(13)18-14(19)9-17-15(20)11(3)8-16/h4-7,10-11H,8-9,16H2,1-3H3,(H,17,20). The number of nitrogens with two attached hydrogens (primary N) is 1. The zero-order valence-corrected chi connectivity index (χ0v) is 12.3. The molecule has 20 heavy (non-hydrogen) atoms. The van der Waals surface area contributed by atoms with Crippen molar-refractivity contribution in [2.24, 2.45) is 11.7 Å². The fourth-order valence-corrected chi connectivity index (χ4v) is 2.24. The van der Waals surface area contributed by atoms with Crippen LogP contribution in [0.25, 0.3) is 11.0 Å². The predicted octanol–water partition coefficient (Wildman–Crippen LogP) is 1.83. The molecule has 3 N–H and O–H groups in total. The molecule has 0 saturated carbocycles. The molecule has 2 rings (SSSR count). The van der Waals surface area contributed by atoms with E-state index in [0.29, 0.717) is 19.1 Å². The average molecular weight is 274 g/mol. The van der Waals surface area contributed by atoms with Crippen LogP contribution in [0.2, 0.25) is 0 Å². The van der Waals surface area contributed by atoms with Crippen LogP contribution in [0.1, 0.15) is 32.6 Å². The lowest BCUT2D eigenvalue weighted by Gasteiger charge is -2.14. The summed E-state index contributed by atoms with van der Waals surface area (Å²) < 4.78 is 2.16. The number of amides is 1. The molecule has 5 nitrogen and oxygen atoms in total. The average Bonchev–Trinajstić information content (AvgIpc) is 2.82. The zero-order valence-electron chi connectivity index (χ0n) is 12.3. The van der Waals surface area contributed by atoms with Crippen LogP contribution in [-0.2, 0) is 11.3 Å². The molecule has 0 aliphatic carbocycles. The van der Waals surface area contributed by atoms with E-state index < -0.39 is 0 Å². The highest BCUT2D eigenvalue weighted by Crippen LogP contribution is 2.20. The number of para-hydroxylation sites is 2. The van der Waals surface area contributed by atoms with Crippen LogP contribution in [-0.4, -0.2) is 22.0 Å². The molecule has 1 atom stereocenters. The number of aromatic nitrogens is 2. The van der Waals surface area contributed by atoms with Gasteiger partial charge >= 0.3 is 0 Å². The minimum absolute atomic E-state index is 0.0325. The molecule has 0 radical (unpaired) electrons. The number of benzene rings is 1. The molecule has 0 saturated heterocycles. The Balaban J connectivity index is 2.25. The van der Waals surface area contributed by atoms with E-state index in [2.05, 4.69) is 34.8 Å². The summed E-state index contributed by atoms with van der Waals surface area (Å²) in [6.45, 7) is 6.83. The number of carbonyl (C=O) groups is 1. The Bertz CT molecular complexity index is 603. The van der Waals surface area contributed by atoms with E-state index in [0.717, 1.165) is 16.9 Å². The number of nitrogens with one attached hydrogen (secondary N) is 1. The Morgan fingerprint density at radius 2 is 2.05 bits per heavy atom. The summed E-state index contributed by atoms with van der Waals surface area (Å²) in [5.41, 5.74) is 7.55. The molecule has 108 valence electrons. The second kappa shape index (κ2) is 6.05. The highest BCUT2D eigenvalue weighted by molar-refractivity contribution is 5.79. The van der Waals surface area contributed by atoms with Crippen LogP contribution >= 0.6 is 0 Å². The molecule has 1 unspecified atom stereocenters. The van der Waals surface area contributed by atoms with Crippen molar-refractivity contribution in [2.45, 2.75) is 33.4 Å². The van der Waals surface area contributed by atoms with E-state index in [4.69, 9.17) is 5.73 Å². The highest BCUT2D eigenvalue weighted by atomic mass is 16.1. The summed E-state index contributed by atoms with van der Waals surface area (Å²) in [6, 6.07) is 8.31. The zero-order chi connectivity index (χ0) is 14.7. The molecule has 1 heterocycles. The van der Waals surface area contributed by atoms with Gasteiger partial charge in [-0.2, -0.15) is 0 Å². The van der Waals surface area contributed by atoms with Gasteiger partial charge in [0.25, 0.3) is 0 Å². The van der Waals surface area contributed by atoms with E-state index in [1.165, 1.54) is 0 Å². The third kappa shape index (κ3) is 2.82. The van der Waals surface area contributed by atoms with E-state index in [9.17, 15) is 4.79 Å². The van der Waals surface area contributed by atoms with Gasteiger partial charge in [0.2, 0.25) is 5.91 Å². The van der Waals surface area contributed by atoms with E-state index >= 15 is 0 Å². The first-order chi connectivity index (χ1) is 9.54. The molecular formula is C15H22N4O. The second-order valence-electron chi connectivity index (χ2n) is 5.34. The monoisotopic (exact) mass is 274 g/mol. The summed E-state index contributed by atoms with van der Waals surface area (Å²) in [6.07, 6.45) is 0. The summed E-state index contributed by atoms with van der Waals surface area (Å²) in [5.74, 6) is 0.667. The Morgan fingerprint density at radius 3 is 2.70 bits per heavy atom. The minimum atomic E-state index is -0.174.